The zero-order valence-corrected chi connectivity index (χ0v) is 16.1. The van der Waals surface area contributed by atoms with Gasteiger partial charge in [0.1, 0.15) is 10.6 Å². The molecule has 0 aliphatic heterocycles. The number of benzene rings is 1. The van der Waals surface area contributed by atoms with Crippen LogP contribution in [0.2, 0.25) is 5.02 Å². The first-order chi connectivity index (χ1) is 12.1. The van der Waals surface area contributed by atoms with Gasteiger partial charge in [-0.2, -0.15) is 0 Å². The molecule has 0 bridgehead atoms. The number of anilines is 1. The van der Waals surface area contributed by atoms with Gasteiger partial charge in [-0.25, -0.2) is 9.97 Å². The molecule has 2 N–H and O–H groups in total. The van der Waals surface area contributed by atoms with Crippen molar-refractivity contribution in [3.05, 3.63) is 39.7 Å². The third-order valence-electron chi connectivity index (χ3n) is 4.58. The SMILES string of the molecule is C[NH+](C)CCNc1nc(-c2ccc(Cl)cc2)nc2sc3c(c12)CCC3. The molecule has 0 amide bonds. The summed E-state index contributed by atoms with van der Waals surface area (Å²) >= 11 is 7.85. The van der Waals surface area contributed by atoms with Gasteiger partial charge < -0.3 is 10.2 Å². The highest BCUT2D eigenvalue weighted by molar-refractivity contribution is 7.19. The van der Waals surface area contributed by atoms with Gasteiger partial charge in [-0.15, -0.1) is 11.3 Å². The lowest BCUT2D eigenvalue weighted by atomic mass is 10.1. The number of likely N-dealkylation sites (N-methyl/N-ethyl adjacent to an activating group) is 1. The van der Waals surface area contributed by atoms with Crippen molar-refractivity contribution in [3.63, 3.8) is 0 Å². The largest absolute Gasteiger partial charge is 0.364 e. The average molecular weight is 374 g/mol. The lowest BCUT2D eigenvalue weighted by Gasteiger charge is -2.12. The molecular formula is C19H22ClN4S+. The van der Waals surface area contributed by atoms with E-state index in [1.807, 2.05) is 35.6 Å². The lowest BCUT2D eigenvalue weighted by molar-refractivity contribution is -0.856. The summed E-state index contributed by atoms with van der Waals surface area (Å²) < 4.78 is 0. The van der Waals surface area contributed by atoms with E-state index in [0.29, 0.717) is 0 Å². The molecule has 0 saturated carbocycles. The van der Waals surface area contributed by atoms with Gasteiger partial charge in [-0.05, 0) is 49.1 Å². The first-order valence-electron chi connectivity index (χ1n) is 8.73. The Kier molecular flexibility index (Phi) is 4.63. The molecule has 1 aromatic carbocycles. The van der Waals surface area contributed by atoms with E-state index in [2.05, 4.69) is 19.4 Å². The highest BCUT2D eigenvalue weighted by Crippen LogP contribution is 2.40. The van der Waals surface area contributed by atoms with Gasteiger partial charge in [-0.1, -0.05) is 11.6 Å². The molecule has 6 heteroatoms. The topological polar surface area (TPSA) is 42.2 Å². The fourth-order valence-electron chi connectivity index (χ4n) is 3.28. The van der Waals surface area contributed by atoms with E-state index in [4.69, 9.17) is 21.6 Å². The number of nitrogens with zero attached hydrogens (tertiary/aromatic N) is 2. The molecule has 0 unspecified atom stereocenters. The minimum absolute atomic E-state index is 0.729. The average Bonchev–Trinajstić information content (AvgIpc) is 3.15. The number of hydrogen-bond acceptors (Lipinski definition) is 4. The quantitative estimate of drug-likeness (QED) is 0.722. The highest BCUT2D eigenvalue weighted by Gasteiger charge is 2.22. The molecule has 130 valence electrons. The maximum absolute atomic E-state index is 6.02. The predicted molar refractivity (Wildman–Crippen MR) is 106 cm³/mol. The van der Waals surface area contributed by atoms with Crippen LogP contribution >= 0.6 is 22.9 Å². The Labute approximate surface area is 156 Å². The van der Waals surface area contributed by atoms with Gasteiger partial charge in [0.05, 0.1) is 32.6 Å². The van der Waals surface area contributed by atoms with Crippen LogP contribution in [0.5, 0.6) is 0 Å². The standard InChI is InChI=1S/C19H21ClN4S/c1-24(2)11-10-21-18-16-14-4-3-5-15(14)25-19(16)23-17(22-18)12-6-8-13(20)9-7-12/h6-9H,3-5,10-11H2,1-2H3,(H,21,22,23)/p+1. The van der Waals surface area contributed by atoms with Gasteiger partial charge in [-0.3, -0.25) is 0 Å². The van der Waals surface area contributed by atoms with Crippen LogP contribution in [0.15, 0.2) is 24.3 Å². The van der Waals surface area contributed by atoms with E-state index in [1.54, 1.807) is 0 Å². The van der Waals surface area contributed by atoms with Crippen LogP contribution in [-0.2, 0) is 12.8 Å². The Hall–Kier alpha value is -1.69. The van der Waals surface area contributed by atoms with Crippen molar-refractivity contribution in [2.75, 3.05) is 32.5 Å². The van der Waals surface area contributed by atoms with Crippen LogP contribution in [0.4, 0.5) is 5.82 Å². The summed E-state index contributed by atoms with van der Waals surface area (Å²) in [5.74, 6) is 1.75. The second-order valence-electron chi connectivity index (χ2n) is 6.82. The fraction of sp³-hybridized carbons (Fsp3) is 0.368. The van der Waals surface area contributed by atoms with Crippen LogP contribution < -0.4 is 10.2 Å². The van der Waals surface area contributed by atoms with Gasteiger partial charge in [0, 0.05) is 15.5 Å². The van der Waals surface area contributed by atoms with Crippen molar-refractivity contribution < 1.29 is 4.90 Å². The summed E-state index contributed by atoms with van der Waals surface area (Å²) in [6.45, 7) is 1.95. The molecular weight excluding hydrogens is 352 g/mol. The molecule has 1 aliphatic rings. The Balaban J connectivity index is 1.79. The molecule has 3 aromatic rings. The number of nitrogens with one attached hydrogen (secondary N) is 2. The summed E-state index contributed by atoms with van der Waals surface area (Å²) in [4.78, 5) is 13.7. The van der Waals surface area contributed by atoms with E-state index in [1.165, 1.54) is 33.6 Å². The van der Waals surface area contributed by atoms with Crippen LogP contribution in [0.1, 0.15) is 16.9 Å². The minimum atomic E-state index is 0.729. The summed E-state index contributed by atoms with van der Waals surface area (Å²) in [6, 6.07) is 7.75. The zero-order chi connectivity index (χ0) is 17.4. The Morgan fingerprint density at radius 3 is 2.72 bits per heavy atom. The minimum Gasteiger partial charge on any atom is -0.364 e. The zero-order valence-electron chi connectivity index (χ0n) is 14.5. The first-order valence-corrected chi connectivity index (χ1v) is 9.92. The van der Waals surface area contributed by atoms with E-state index in [-0.39, 0.29) is 0 Å². The molecule has 2 aromatic heterocycles. The van der Waals surface area contributed by atoms with E-state index in [0.717, 1.165) is 46.6 Å². The maximum Gasteiger partial charge on any atom is 0.163 e. The second-order valence-corrected chi connectivity index (χ2v) is 8.34. The summed E-state index contributed by atoms with van der Waals surface area (Å²) in [7, 11) is 4.33. The van der Waals surface area contributed by atoms with Crippen molar-refractivity contribution in [1.82, 2.24) is 9.97 Å². The number of fused-ring (bicyclic) bond motifs is 3. The van der Waals surface area contributed by atoms with Gasteiger partial charge in [0.15, 0.2) is 5.82 Å². The Bertz CT molecular complexity index is 902. The smallest absolute Gasteiger partial charge is 0.163 e. The number of quaternary nitrogens is 1. The number of rotatable bonds is 5. The van der Waals surface area contributed by atoms with E-state index in [9.17, 15) is 0 Å². The molecule has 0 saturated heterocycles. The van der Waals surface area contributed by atoms with Gasteiger partial charge in [0.25, 0.3) is 0 Å². The van der Waals surface area contributed by atoms with Crippen LogP contribution in [0, 0.1) is 0 Å². The van der Waals surface area contributed by atoms with Gasteiger partial charge >= 0.3 is 0 Å². The molecule has 2 heterocycles. The molecule has 4 nitrogen and oxygen atoms in total. The molecule has 4 rings (SSSR count). The third-order valence-corrected chi connectivity index (χ3v) is 6.02. The third kappa shape index (κ3) is 3.36. The van der Waals surface area contributed by atoms with Crippen LogP contribution in [0.3, 0.4) is 0 Å². The Morgan fingerprint density at radius 2 is 1.96 bits per heavy atom. The Morgan fingerprint density at radius 1 is 1.16 bits per heavy atom. The monoisotopic (exact) mass is 373 g/mol. The number of halogens is 1. The molecule has 1 aliphatic carbocycles. The fourth-order valence-corrected chi connectivity index (χ4v) is 4.67. The van der Waals surface area contributed by atoms with Crippen molar-refractivity contribution in [1.29, 1.82) is 0 Å². The van der Waals surface area contributed by atoms with Crippen molar-refractivity contribution >= 4 is 39.0 Å². The van der Waals surface area contributed by atoms with Crippen molar-refractivity contribution in [2.45, 2.75) is 19.3 Å². The van der Waals surface area contributed by atoms with Crippen LogP contribution in [0.25, 0.3) is 21.6 Å². The van der Waals surface area contributed by atoms with Crippen molar-refractivity contribution in [2.24, 2.45) is 0 Å². The van der Waals surface area contributed by atoms with Gasteiger partial charge in [0.2, 0.25) is 0 Å². The summed E-state index contributed by atoms with van der Waals surface area (Å²) in [5.41, 5.74) is 2.46. The summed E-state index contributed by atoms with van der Waals surface area (Å²) in [5, 5.41) is 5.53. The second kappa shape index (κ2) is 6.90. The number of thiophene rings is 1. The maximum atomic E-state index is 6.02. The predicted octanol–water partition coefficient (Wildman–Crippen LogP) is 3.06. The number of hydrogen-bond donors (Lipinski definition) is 2. The molecule has 0 atom stereocenters. The lowest BCUT2D eigenvalue weighted by Crippen LogP contribution is -3.06. The van der Waals surface area contributed by atoms with E-state index >= 15 is 0 Å². The summed E-state index contributed by atoms with van der Waals surface area (Å²) in [6.07, 6.45) is 3.57. The van der Waals surface area contributed by atoms with E-state index < -0.39 is 0 Å². The first kappa shape index (κ1) is 16.8. The number of aromatic nitrogens is 2. The highest BCUT2D eigenvalue weighted by atomic mass is 35.5. The molecule has 0 spiro atoms. The molecule has 0 fully saturated rings. The van der Waals surface area contributed by atoms with Crippen LogP contribution in [-0.4, -0.2) is 37.2 Å². The normalized spacial score (nSPS) is 13.6. The molecule has 0 radical (unpaired) electrons. The molecule has 25 heavy (non-hydrogen) atoms. The number of aryl methyl sites for hydroxylation is 2. The van der Waals surface area contributed by atoms with Crippen molar-refractivity contribution in [3.8, 4) is 11.4 Å².